The number of ether oxygens (including phenoxy) is 1. The Bertz CT molecular complexity index is 1200. The standard InChI is InChI=1S/C23H26BrNO6S2/c1-3-5-21-23(10-12-32(27,28)13-11-23)19-15-17(24)8-9-20(19)25(21)33(29,30)18-7-4-6-16(14-18)22(26)31-2/h3-4,6-9,14-15,21,27-28H,1,5,10-13H2,2H3. The molecule has 0 amide bonds. The van der Waals surface area contributed by atoms with Crippen LogP contribution in [0.2, 0.25) is 0 Å². The van der Waals surface area contributed by atoms with Gasteiger partial charge in [0.05, 0.1) is 29.3 Å². The third-order valence-electron chi connectivity index (χ3n) is 6.61. The summed E-state index contributed by atoms with van der Waals surface area (Å²) in [6, 6.07) is 10.8. The molecular formula is C23H26BrNO6S2. The molecule has 0 aliphatic carbocycles. The predicted molar refractivity (Wildman–Crippen MR) is 134 cm³/mol. The first-order chi connectivity index (χ1) is 15.6. The molecule has 7 nitrogen and oxygen atoms in total. The molecule has 1 spiro atoms. The summed E-state index contributed by atoms with van der Waals surface area (Å²) in [5.74, 6) is -0.175. The van der Waals surface area contributed by atoms with E-state index >= 15 is 0 Å². The maximum absolute atomic E-state index is 14.0. The van der Waals surface area contributed by atoms with E-state index < -0.39 is 38.0 Å². The van der Waals surface area contributed by atoms with Crippen molar-refractivity contribution in [2.45, 2.75) is 35.6 Å². The minimum absolute atomic E-state index is 0.00882. The summed E-state index contributed by atoms with van der Waals surface area (Å²) in [6.07, 6.45) is 2.99. The lowest BCUT2D eigenvalue weighted by atomic mass is 9.71. The fourth-order valence-electron chi connectivity index (χ4n) is 4.98. The molecule has 1 fully saturated rings. The zero-order valence-corrected chi connectivity index (χ0v) is 21.3. The minimum Gasteiger partial charge on any atom is -0.465 e. The molecule has 0 bridgehead atoms. The second-order valence-electron chi connectivity index (χ2n) is 8.39. The van der Waals surface area contributed by atoms with E-state index in [-0.39, 0.29) is 22.0 Å². The predicted octanol–water partition coefficient (Wildman–Crippen LogP) is 5.17. The van der Waals surface area contributed by atoms with Crippen molar-refractivity contribution in [3.8, 4) is 0 Å². The summed E-state index contributed by atoms with van der Waals surface area (Å²) < 4.78 is 55.6. The first-order valence-electron chi connectivity index (χ1n) is 10.4. The Morgan fingerprint density at radius 2 is 1.97 bits per heavy atom. The Morgan fingerprint density at radius 3 is 2.61 bits per heavy atom. The van der Waals surface area contributed by atoms with Crippen molar-refractivity contribution < 1.29 is 27.1 Å². The highest BCUT2D eigenvalue weighted by Gasteiger charge is 2.55. The molecule has 1 saturated heterocycles. The Hall–Kier alpha value is -1.85. The second-order valence-corrected chi connectivity index (χ2v) is 13.5. The largest absolute Gasteiger partial charge is 0.465 e. The van der Waals surface area contributed by atoms with Gasteiger partial charge in [-0.25, -0.2) is 13.2 Å². The lowest BCUT2D eigenvalue weighted by molar-refractivity contribution is 0.0600. The van der Waals surface area contributed by atoms with Gasteiger partial charge in [-0.05, 0) is 61.2 Å². The quantitative estimate of drug-likeness (QED) is 0.389. The Labute approximate surface area is 204 Å². The summed E-state index contributed by atoms with van der Waals surface area (Å²) >= 11 is 3.51. The maximum atomic E-state index is 14.0. The van der Waals surface area contributed by atoms with Crippen molar-refractivity contribution in [1.29, 1.82) is 0 Å². The van der Waals surface area contributed by atoms with Crippen LogP contribution in [0.4, 0.5) is 5.69 Å². The number of carbonyl (C=O) groups is 1. The van der Waals surface area contributed by atoms with Crippen LogP contribution in [0.3, 0.4) is 0 Å². The molecule has 178 valence electrons. The number of halogens is 1. The third-order valence-corrected chi connectivity index (χ3v) is 10.6. The number of anilines is 1. The minimum atomic E-state index is -4.06. The van der Waals surface area contributed by atoms with Gasteiger partial charge < -0.3 is 4.74 Å². The average Bonchev–Trinajstić information content (AvgIpc) is 3.05. The van der Waals surface area contributed by atoms with Crippen LogP contribution in [0, 0.1) is 0 Å². The molecule has 1 atom stereocenters. The van der Waals surface area contributed by atoms with Gasteiger partial charge in [-0.2, -0.15) is 10.6 Å². The SMILES string of the molecule is C=CCC1N(S(=O)(=O)c2cccc(C(=O)OC)c2)c2ccc(Br)cc2C12CCS(O)(O)CC2. The van der Waals surface area contributed by atoms with Gasteiger partial charge in [0.1, 0.15) is 0 Å². The smallest absolute Gasteiger partial charge is 0.337 e. The number of hydrogen-bond donors (Lipinski definition) is 2. The number of sulfonamides is 1. The first kappa shape index (κ1) is 24.3. The zero-order chi connectivity index (χ0) is 24.0. The van der Waals surface area contributed by atoms with Gasteiger partial charge in [0, 0.05) is 21.4 Å². The normalized spacial score (nSPS) is 21.9. The van der Waals surface area contributed by atoms with E-state index in [1.165, 1.54) is 35.7 Å². The summed E-state index contributed by atoms with van der Waals surface area (Å²) in [4.78, 5) is 12.0. The Kier molecular flexibility index (Phi) is 6.43. The number of fused-ring (bicyclic) bond motifs is 2. The lowest BCUT2D eigenvalue weighted by Gasteiger charge is -2.48. The summed E-state index contributed by atoms with van der Waals surface area (Å²) in [7, 11) is -5.49. The molecule has 4 rings (SSSR count). The molecule has 2 N–H and O–H groups in total. The second kappa shape index (κ2) is 8.74. The van der Waals surface area contributed by atoms with Crippen LogP contribution < -0.4 is 4.31 Å². The topological polar surface area (TPSA) is 104 Å². The number of carbonyl (C=O) groups excluding carboxylic acids is 1. The van der Waals surface area contributed by atoms with Crippen LogP contribution >= 0.6 is 26.5 Å². The van der Waals surface area contributed by atoms with Crippen LogP contribution in [0.15, 0.2) is 64.5 Å². The van der Waals surface area contributed by atoms with E-state index in [0.717, 1.165) is 10.0 Å². The van der Waals surface area contributed by atoms with Crippen molar-refractivity contribution >= 4 is 48.2 Å². The van der Waals surface area contributed by atoms with E-state index in [9.17, 15) is 22.3 Å². The highest BCUT2D eigenvalue weighted by molar-refractivity contribution is 9.10. The summed E-state index contributed by atoms with van der Waals surface area (Å²) in [5.41, 5.74) is 0.996. The van der Waals surface area contributed by atoms with Gasteiger partial charge in [0.15, 0.2) is 0 Å². The fraction of sp³-hybridized carbons (Fsp3) is 0.348. The maximum Gasteiger partial charge on any atom is 0.337 e. The average molecular weight is 557 g/mol. The number of rotatable bonds is 5. The van der Waals surface area contributed by atoms with Gasteiger partial charge in [0.25, 0.3) is 10.0 Å². The van der Waals surface area contributed by atoms with Gasteiger partial charge in [-0.1, -0.05) is 28.1 Å². The molecule has 10 heteroatoms. The highest BCUT2D eigenvalue weighted by Crippen LogP contribution is 2.60. The molecule has 1 unspecified atom stereocenters. The van der Waals surface area contributed by atoms with Crippen LogP contribution in [-0.2, 0) is 20.2 Å². The monoisotopic (exact) mass is 555 g/mol. The molecule has 2 aromatic carbocycles. The molecule has 0 radical (unpaired) electrons. The van der Waals surface area contributed by atoms with Crippen molar-refractivity contribution in [3.05, 3.63) is 70.7 Å². The molecule has 2 aliphatic heterocycles. The molecule has 33 heavy (non-hydrogen) atoms. The van der Waals surface area contributed by atoms with Crippen molar-refractivity contribution in [3.63, 3.8) is 0 Å². The van der Waals surface area contributed by atoms with Crippen LogP contribution in [0.25, 0.3) is 0 Å². The van der Waals surface area contributed by atoms with Crippen LogP contribution in [0.5, 0.6) is 0 Å². The number of methoxy groups -OCH3 is 1. The molecular weight excluding hydrogens is 530 g/mol. The molecule has 0 saturated carbocycles. The lowest BCUT2D eigenvalue weighted by Crippen LogP contribution is -2.50. The molecule has 2 aromatic rings. The molecule has 2 aliphatic rings. The number of benzene rings is 2. The van der Waals surface area contributed by atoms with E-state index in [2.05, 4.69) is 22.5 Å². The van der Waals surface area contributed by atoms with E-state index in [0.29, 0.717) is 24.9 Å². The first-order valence-corrected chi connectivity index (χ1v) is 14.5. The summed E-state index contributed by atoms with van der Waals surface area (Å²) in [6.45, 7) is 3.86. The summed E-state index contributed by atoms with van der Waals surface area (Å²) in [5, 5.41) is 0. The molecule has 0 aromatic heterocycles. The van der Waals surface area contributed by atoms with Gasteiger partial charge >= 0.3 is 5.97 Å². The van der Waals surface area contributed by atoms with Crippen molar-refractivity contribution in [2.24, 2.45) is 0 Å². The van der Waals surface area contributed by atoms with Gasteiger partial charge in [-0.3, -0.25) is 13.4 Å². The third kappa shape index (κ3) is 4.12. The van der Waals surface area contributed by atoms with E-state index in [4.69, 9.17) is 4.74 Å². The fourth-order valence-corrected chi connectivity index (χ4v) is 8.73. The van der Waals surface area contributed by atoms with Gasteiger partial charge in [0.2, 0.25) is 0 Å². The zero-order valence-electron chi connectivity index (χ0n) is 18.1. The molecule has 2 heterocycles. The highest BCUT2D eigenvalue weighted by atomic mass is 79.9. The van der Waals surface area contributed by atoms with Crippen molar-refractivity contribution in [2.75, 3.05) is 22.9 Å². The number of esters is 1. The van der Waals surface area contributed by atoms with E-state index in [1.54, 1.807) is 18.2 Å². The Morgan fingerprint density at radius 1 is 1.27 bits per heavy atom. The number of nitrogens with zero attached hydrogens (tertiary/aromatic N) is 1. The van der Waals surface area contributed by atoms with E-state index in [1.807, 2.05) is 6.07 Å². The van der Waals surface area contributed by atoms with Crippen molar-refractivity contribution in [1.82, 2.24) is 0 Å². The number of hydrogen-bond acceptors (Lipinski definition) is 6. The van der Waals surface area contributed by atoms with Crippen LogP contribution in [-0.4, -0.2) is 48.1 Å². The van der Waals surface area contributed by atoms with Gasteiger partial charge in [-0.15, -0.1) is 6.58 Å². The van der Waals surface area contributed by atoms with Crippen LogP contribution in [0.1, 0.15) is 35.2 Å². The Balaban J connectivity index is 1.89.